The summed E-state index contributed by atoms with van der Waals surface area (Å²) in [5.74, 6) is 3.27. The summed E-state index contributed by atoms with van der Waals surface area (Å²) in [5.41, 5.74) is 2.56. The third kappa shape index (κ3) is 3.55. The molecule has 0 N–H and O–H groups in total. The minimum Gasteiger partial charge on any atom is -0.496 e. The largest absolute Gasteiger partial charge is 0.496 e. The number of ether oxygens (including phenoxy) is 5. The number of benzene rings is 2. The smallest absolute Gasteiger partial charge is 0.254 e. The summed E-state index contributed by atoms with van der Waals surface area (Å²) >= 11 is 0. The number of nitrogens with zero attached hydrogens (tertiary/aromatic N) is 1. The van der Waals surface area contributed by atoms with Crippen LogP contribution in [-0.4, -0.2) is 52.0 Å². The zero-order valence-electron chi connectivity index (χ0n) is 16.7. The molecule has 1 amide bonds. The van der Waals surface area contributed by atoms with Gasteiger partial charge in [0.25, 0.3) is 5.91 Å². The van der Waals surface area contributed by atoms with Crippen LogP contribution >= 0.6 is 0 Å². The highest BCUT2D eigenvalue weighted by atomic mass is 16.7. The van der Waals surface area contributed by atoms with Crippen LogP contribution in [0.25, 0.3) is 5.57 Å². The first-order valence-electron chi connectivity index (χ1n) is 9.33. The van der Waals surface area contributed by atoms with E-state index in [1.54, 1.807) is 39.5 Å². The Morgan fingerprint density at radius 3 is 2.31 bits per heavy atom. The molecule has 2 aliphatic heterocycles. The number of carbonyl (C=O) groups is 1. The first-order valence-corrected chi connectivity index (χ1v) is 9.33. The lowest BCUT2D eigenvalue weighted by atomic mass is 9.96. The Bertz CT molecular complexity index is 943. The van der Waals surface area contributed by atoms with Crippen molar-refractivity contribution in [3.8, 4) is 28.7 Å². The summed E-state index contributed by atoms with van der Waals surface area (Å²) < 4.78 is 27.1. The molecule has 7 heteroatoms. The molecule has 152 valence electrons. The van der Waals surface area contributed by atoms with E-state index < -0.39 is 0 Å². The number of amides is 1. The van der Waals surface area contributed by atoms with E-state index in [0.717, 1.165) is 11.1 Å². The number of carbonyl (C=O) groups excluding carboxylic acids is 1. The monoisotopic (exact) mass is 397 g/mol. The van der Waals surface area contributed by atoms with Gasteiger partial charge in [0.2, 0.25) is 6.79 Å². The normalized spacial score (nSPS) is 15.0. The summed E-state index contributed by atoms with van der Waals surface area (Å²) in [6.45, 7) is 1.28. The number of hydrogen-bond acceptors (Lipinski definition) is 6. The lowest BCUT2D eigenvalue weighted by Gasteiger charge is -2.28. The van der Waals surface area contributed by atoms with Gasteiger partial charge in [0.15, 0.2) is 11.5 Å². The van der Waals surface area contributed by atoms with E-state index in [4.69, 9.17) is 23.7 Å². The molecule has 2 aromatic carbocycles. The van der Waals surface area contributed by atoms with Gasteiger partial charge in [0.05, 0.1) is 26.9 Å². The van der Waals surface area contributed by atoms with Crippen LogP contribution in [0.3, 0.4) is 0 Å². The Morgan fingerprint density at radius 1 is 0.966 bits per heavy atom. The molecule has 0 radical (unpaired) electrons. The molecule has 4 rings (SSSR count). The highest BCUT2D eigenvalue weighted by molar-refractivity contribution is 5.95. The van der Waals surface area contributed by atoms with Crippen molar-refractivity contribution in [2.75, 3.05) is 41.2 Å². The lowest BCUT2D eigenvalue weighted by Crippen LogP contribution is -2.34. The Hall–Kier alpha value is -3.35. The van der Waals surface area contributed by atoms with Gasteiger partial charge < -0.3 is 28.6 Å². The van der Waals surface area contributed by atoms with Gasteiger partial charge in [-0.3, -0.25) is 4.79 Å². The van der Waals surface area contributed by atoms with Crippen LogP contribution < -0.4 is 23.7 Å². The number of rotatable bonds is 5. The topological polar surface area (TPSA) is 66.5 Å². The predicted octanol–water partition coefficient (Wildman–Crippen LogP) is 3.37. The van der Waals surface area contributed by atoms with E-state index in [9.17, 15) is 4.79 Å². The Balaban J connectivity index is 1.56. The van der Waals surface area contributed by atoms with Gasteiger partial charge in [-0.05, 0) is 30.2 Å². The summed E-state index contributed by atoms with van der Waals surface area (Å²) in [7, 11) is 4.85. The first kappa shape index (κ1) is 19.0. The molecule has 0 atom stereocenters. The molecular formula is C22H23NO6. The molecule has 0 bridgehead atoms. The average Bonchev–Trinajstić information content (AvgIpc) is 3.25. The molecule has 0 spiro atoms. The van der Waals surface area contributed by atoms with Crippen LogP contribution in [0.5, 0.6) is 28.7 Å². The van der Waals surface area contributed by atoms with E-state index in [2.05, 4.69) is 0 Å². The molecule has 2 aliphatic rings. The van der Waals surface area contributed by atoms with E-state index in [0.29, 0.717) is 53.8 Å². The SMILES string of the molecule is COc1cc(OC)c(C2=CCN(C(=O)c3ccc4c(c3)OCO4)CC2)c(OC)c1. The van der Waals surface area contributed by atoms with Crippen LogP contribution in [0.1, 0.15) is 22.3 Å². The fourth-order valence-corrected chi connectivity index (χ4v) is 3.61. The van der Waals surface area contributed by atoms with Crippen LogP contribution in [-0.2, 0) is 0 Å². The maximum atomic E-state index is 12.9. The second kappa shape index (κ2) is 7.95. The average molecular weight is 397 g/mol. The zero-order chi connectivity index (χ0) is 20.4. The van der Waals surface area contributed by atoms with Gasteiger partial charge in [0.1, 0.15) is 17.2 Å². The standard InChI is InChI=1S/C22H23NO6/c1-25-16-11-19(26-2)21(20(12-16)27-3)14-6-8-23(9-7-14)22(24)15-4-5-17-18(10-15)29-13-28-17/h4-6,10-12H,7-9,13H2,1-3H3. The molecule has 0 saturated heterocycles. The Labute approximate surface area is 169 Å². The molecule has 2 aromatic rings. The molecule has 29 heavy (non-hydrogen) atoms. The van der Waals surface area contributed by atoms with E-state index in [1.165, 1.54) is 0 Å². The van der Waals surface area contributed by atoms with Crippen LogP contribution in [0.15, 0.2) is 36.4 Å². The molecule has 0 fully saturated rings. The summed E-state index contributed by atoms with van der Waals surface area (Å²) in [5, 5.41) is 0. The minimum atomic E-state index is -0.0349. The van der Waals surface area contributed by atoms with Crippen molar-refractivity contribution in [2.24, 2.45) is 0 Å². The summed E-state index contributed by atoms with van der Waals surface area (Å²) in [6.07, 6.45) is 2.73. The van der Waals surface area contributed by atoms with Crippen molar-refractivity contribution in [1.29, 1.82) is 0 Å². The maximum absolute atomic E-state index is 12.9. The van der Waals surface area contributed by atoms with Crippen molar-refractivity contribution in [3.05, 3.63) is 47.5 Å². The van der Waals surface area contributed by atoms with Crippen molar-refractivity contribution in [3.63, 3.8) is 0 Å². The van der Waals surface area contributed by atoms with Crippen LogP contribution in [0.4, 0.5) is 0 Å². The number of fused-ring (bicyclic) bond motifs is 1. The van der Waals surface area contributed by atoms with Gasteiger partial charge in [-0.15, -0.1) is 0 Å². The quantitative estimate of drug-likeness (QED) is 0.771. The molecule has 0 aromatic heterocycles. The fraction of sp³-hybridized carbons (Fsp3) is 0.318. The Morgan fingerprint density at radius 2 is 1.69 bits per heavy atom. The third-order valence-corrected chi connectivity index (χ3v) is 5.15. The minimum absolute atomic E-state index is 0.0349. The van der Waals surface area contributed by atoms with Gasteiger partial charge >= 0.3 is 0 Å². The van der Waals surface area contributed by atoms with Gasteiger partial charge in [0, 0.05) is 30.8 Å². The van der Waals surface area contributed by atoms with E-state index >= 15 is 0 Å². The van der Waals surface area contributed by atoms with Crippen LogP contribution in [0, 0.1) is 0 Å². The fourth-order valence-electron chi connectivity index (χ4n) is 3.61. The second-order valence-electron chi connectivity index (χ2n) is 6.71. The number of methoxy groups -OCH3 is 3. The third-order valence-electron chi connectivity index (χ3n) is 5.15. The molecular weight excluding hydrogens is 374 g/mol. The number of hydrogen-bond donors (Lipinski definition) is 0. The second-order valence-corrected chi connectivity index (χ2v) is 6.71. The maximum Gasteiger partial charge on any atom is 0.254 e. The van der Waals surface area contributed by atoms with Crippen molar-refractivity contribution in [2.45, 2.75) is 6.42 Å². The molecule has 0 unspecified atom stereocenters. The van der Waals surface area contributed by atoms with Gasteiger partial charge in [-0.2, -0.15) is 0 Å². The summed E-state index contributed by atoms with van der Waals surface area (Å²) in [4.78, 5) is 14.7. The van der Waals surface area contributed by atoms with Crippen LogP contribution in [0.2, 0.25) is 0 Å². The lowest BCUT2D eigenvalue weighted by molar-refractivity contribution is 0.0772. The molecule has 0 aliphatic carbocycles. The Kier molecular flexibility index (Phi) is 5.20. The molecule has 0 saturated carbocycles. The summed E-state index contributed by atoms with van der Waals surface area (Å²) in [6, 6.07) is 8.95. The predicted molar refractivity (Wildman–Crippen MR) is 107 cm³/mol. The van der Waals surface area contributed by atoms with E-state index in [-0.39, 0.29) is 12.7 Å². The van der Waals surface area contributed by atoms with Crippen molar-refractivity contribution >= 4 is 11.5 Å². The highest BCUT2D eigenvalue weighted by Gasteiger charge is 2.25. The van der Waals surface area contributed by atoms with Crippen molar-refractivity contribution in [1.82, 2.24) is 4.90 Å². The van der Waals surface area contributed by atoms with Gasteiger partial charge in [-0.1, -0.05) is 6.08 Å². The van der Waals surface area contributed by atoms with Gasteiger partial charge in [-0.25, -0.2) is 0 Å². The first-order chi connectivity index (χ1) is 14.1. The van der Waals surface area contributed by atoms with E-state index in [1.807, 2.05) is 23.1 Å². The molecule has 7 nitrogen and oxygen atoms in total. The molecule has 2 heterocycles. The van der Waals surface area contributed by atoms with Crippen molar-refractivity contribution < 1.29 is 28.5 Å². The highest BCUT2D eigenvalue weighted by Crippen LogP contribution is 2.41. The zero-order valence-corrected chi connectivity index (χ0v) is 16.7.